The molecule has 1 unspecified atom stereocenters. The van der Waals surface area contributed by atoms with Gasteiger partial charge >= 0.3 is 92.4 Å². The van der Waals surface area contributed by atoms with E-state index in [-0.39, 0.29) is 0 Å². The van der Waals surface area contributed by atoms with Crippen LogP contribution in [0, 0.1) is 0 Å². The van der Waals surface area contributed by atoms with Gasteiger partial charge in [-0.2, -0.15) is 0 Å². The van der Waals surface area contributed by atoms with Crippen molar-refractivity contribution in [3.05, 3.63) is 35.9 Å². The van der Waals surface area contributed by atoms with E-state index < -0.39 is 51.1 Å². The Morgan fingerprint density at radius 1 is 0.676 bits per heavy atom. The first kappa shape index (κ1) is 34.8. The van der Waals surface area contributed by atoms with Gasteiger partial charge in [0.1, 0.15) is 0 Å². The fourth-order valence-corrected chi connectivity index (χ4v) is 54.8. The zero-order chi connectivity index (χ0) is 26.4. The molecule has 34 heavy (non-hydrogen) atoms. The summed E-state index contributed by atoms with van der Waals surface area (Å²) in [6.45, 7) is 29.3. The summed E-state index contributed by atoms with van der Waals surface area (Å²) in [5.41, 5.74) is 1.82. The maximum Gasteiger partial charge on any atom is 0.184 e. The fraction of sp³-hybridized carbons (Fsp3) is 0.786. The van der Waals surface area contributed by atoms with Crippen molar-refractivity contribution in [1.29, 1.82) is 0 Å². The summed E-state index contributed by atoms with van der Waals surface area (Å²) in [5, 5.41) is 0. The van der Waals surface area contributed by atoms with E-state index in [2.05, 4.69) is 110 Å². The zero-order valence-electron chi connectivity index (χ0n) is 25.2. The van der Waals surface area contributed by atoms with Crippen LogP contribution in [-0.2, 0) is 4.43 Å². The molecule has 2 radical (unpaired) electrons. The van der Waals surface area contributed by atoms with Crippen LogP contribution in [-0.4, -0.2) is 51.1 Å². The molecule has 0 bridgehead atoms. The van der Waals surface area contributed by atoms with Crippen LogP contribution in [0.1, 0.15) is 70.6 Å². The average molecular weight is 644 g/mol. The average Bonchev–Trinajstić information content (AvgIpc) is 2.71. The van der Waals surface area contributed by atoms with Crippen LogP contribution in [0.4, 0.5) is 0 Å². The second kappa shape index (κ2) is 17.4. The summed E-state index contributed by atoms with van der Waals surface area (Å²) >= 11 is -0.839. The Morgan fingerprint density at radius 2 is 1.06 bits per heavy atom. The Balaban J connectivity index is 0.000000722. The quantitative estimate of drug-likeness (QED) is 0.173. The number of rotatable bonds is 15. The van der Waals surface area contributed by atoms with Gasteiger partial charge in [0, 0.05) is 15.2 Å². The van der Waals surface area contributed by atoms with E-state index in [9.17, 15) is 0 Å². The zero-order valence-corrected chi connectivity index (χ0v) is 32.1. The second-order valence-corrected chi connectivity index (χ2v) is 50.1. The minimum absolute atomic E-state index is 0.390. The Morgan fingerprint density at radius 3 is 1.35 bits per heavy atom. The number of hydrogen-bond acceptors (Lipinski definition) is 1. The van der Waals surface area contributed by atoms with Crippen LogP contribution in [0.25, 0.3) is 0 Å². The predicted molar refractivity (Wildman–Crippen MR) is 171 cm³/mol. The predicted octanol–water partition coefficient (Wildman–Crippen LogP) is 10.3. The van der Waals surface area contributed by atoms with Crippen LogP contribution >= 0.6 is 0 Å². The van der Waals surface area contributed by atoms with Gasteiger partial charge in [0.2, 0.25) is 0 Å². The molecule has 0 aliphatic rings. The summed E-state index contributed by atoms with van der Waals surface area (Å²) < 4.78 is 11.8. The van der Waals surface area contributed by atoms with E-state index in [1.54, 1.807) is 13.3 Å². The Hall–Kier alpha value is 0.846. The van der Waals surface area contributed by atoms with Gasteiger partial charge in [0.15, 0.2) is 8.32 Å². The molecule has 1 rings (SSSR count). The second-order valence-electron chi connectivity index (χ2n) is 13.0. The first-order valence-corrected chi connectivity index (χ1v) is 34.1. The van der Waals surface area contributed by atoms with Crippen molar-refractivity contribution >= 4 is 51.1 Å². The van der Waals surface area contributed by atoms with Crippen molar-refractivity contribution in [2.45, 2.75) is 137 Å². The maximum atomic E-state index is 6.79. The Kier molecular flexibility index (Phi) is 17.8. The molecule has 0 N–H and O–H groups in total. The van der Waals surface area contributed by atoms with Crippen molar-refractivity contribution in [1.82, 2.24) is 0 Å². The molecule has 0 saturated carbocycles. The Labute approximate surface area is 227 Å². The van der Waals surface area contributed by atoms with Gasteiger partial charge in [0.05, 0.1) is 13.6 Å². The van der Waals surface area contributed by atoms with Gasteiger partial charge in [-0.3, -0.25) is 0 Å². The van der Waals surface area contributed by atoms with Crippen LogP contribution in [0.15, 0.2) is 30.3 Å². The molecular weight excluding hydrogens is 583 g/mol. The van der Waals surface area contributed by atoms with Crippen molar-refractivity contribution in [2.24, 2.45) is 0 Å². The number of hydrogen-bond donors (Lipinski definition) is 0. The normalized spacial score (nSPS) is 13.7. The molecule has 1 nitrogen and oxygen atoms in total. The van der Waals surface area contributed by atoms with Crippen LogP contribution in [0.2, 0.25) is 72.2 Å². The van der Waals surface area contributed by atoms with E-state index >= 15 is 0 Å². The van der Waals surface area contributed by atoms with Crippen molar-refractivity contribution < 1.29 is 4.43 Å². The molecule has 0 amide bonds. The topological polar surface area (TPSA) is 9.23 Å². The summed E-state index contributed by atoms with van der Waals surface area (Å²) in [5.74, 6) is 0. The van der Waals surface area contributed by atoms with Crippen molar-refractivity contribution in [2.75, 3.05) is 0 Å². The van der Waals surface area contributed by atoms with Crippen molar-refractivity contribution in [3.63, 3.8) is 0 Å². The first-order valence-electron chi connectivity index (χ1n) is 14.1. The molecule has 1 aromatic rings. The molecule has 0 aliphatic carbocycles. The van der Waals surface area contributed by atoms with Crippen LogP contribution < -0.4 is 0 Å². The largest absolute Gasteiger partial charge is 0.414 e. The molecule has 1 atom stereocenters. The number of benzene rings is 1. The summed E-state index contributed by atoms with van der Waals surface area (Å²) in [6.07, 6.45) is 8.85. The molecule has 0 aliphatic heterocycles. The molecule has 0 spiro atoms. The summed E-state index contributed by atoms with van der Waals surface area (Å²) in [4.78, 5) is 0. The first-order chi connectivity index (χ1) is 15.7. The smallest absolute Gasteiger partial charge is 0.184 e. The monoisotopic (exact) mass is 644 g/mol. The fourth-order valence-electron chi connectivity index (χ4n) is 4.84. The van der Waals surface area contributed by atoms with E-state index in [1.165, 1.54) is 44.1 Å². The SMILES string of the molecule is CCC[CH2][Sn]([CH2]CCC)[CH2]CCC.C[Si](C)(C)OC(c1ccccc1)[Si]([Si](C)(C)C)[Si](C)(C)C. The minimum Gasteiger partial charge on any atom is -0.414 e. The summed E-state index contributed by atoms with van der Waals surface area (Å²) in [6, 6.07) is 11.0. The van der Waals surface area contributed by atoms with Crippen molar-refractivity contribution in [3.8, 4) is 0 Å². The molecule has 0 fully saturated rings. The summed E-state index contributed by atoms with van der Waals surface area (Å²) in [7, 11) is -4.48. The van der Waals surface area contributed by atoms with Crippen LogP contribution in [0.3, 0.4) is 0 Å². The molecule has 1 aromatic carbocycles. The molecule has 198 valence electrons. The third-order valence-electron chi connectivity index (χ3n) is 6.10. The van der Waals surface area contributed by atoms with Gasteiger partial charge < -0.3 is 4.43 Å². The van der Waals surface area contributed by atoms with Gasteiger partial charge in [0.25, 0.3) is 0 Å². The van der Waals surface area contributed by atoms with E-state index in [0.29, 0.717) is 5.73 Å². The minimum atomic E-state index is -1.55. The van der Waals surface area contributed by atoms with E-state index in [4.69, 9.17) is 4.43 Å². The number of unbranched alkanes of at least 4 members (excludes halogenated alkanes) is 3. The van der Waals surface area contributed by atoms with E-state index in [0.717, 1.165) is 0 Å². The van der Waals surface area contributed by atoms with E-state index in [1.807, 2.05) is 0 Å². The molecule has 0 heterocycles. The third-order valence-corrected chi connectivity index (χ3v) is 45.3. The Bertz CT molecular complexity index is 587. The third kappa shape index (κ3) is 15.8. The molecule has 6 heteroatoms. The molecular formula is C28H60OSi4Sn. The molecule has 0 aromatic heterocycles. The molecule has 0 saturated heterocycles. The van der Waals surface area contributed by atoms with Gasteiger partial charge in [-0.1, -0.05) is 69.6 Å². The standard InChI is InChI=1S/C16H33OSi4.3C4H9.Sn/c1-19(2,3)17-16(15-13-11-10-12-14-15)18(20(4,5)6)21(7,8)9;3*1-3-4-2;/h10-14,16H,1-9H3;3*1,3-4H2,2H3;. The van der Waals surface area contributed by atoms with Gasteiger partial charge in [-0.25, -0.2) is 0 Å². The maximum absolute atomic E-state index is 6.79. The van der Waals surface area contributed by atoms with Crippen LogP contribution in [0.5, 0.6) is 0 Å². The van der Waals surface area contributed by atoms with Gasteiger partial charge in [-0.05, 0) is 25.2 Å². The van der Waals surface area contributed by atoms with Gasteiger partial charge in [-0.15, -0.1) is 0 Å².